The number of nitrogens with two attached hydrogens (primary N) is 1. The van der Waals surface area contributed by atoms with Gasteiger partial charge < -0.3 is 15.6 Å². The average Bonchev–Trinajstić information content (AvgIpc) is 2.16. The van der Waals surface area contributed by atoms with Gasteiger partial charge in [0.15, 0.2) is 0 Å². The molecular formula is C9H10INO3. The maximum absolute atomic E-state index is 10.7. The Morgan fingerprint density at radius 2 is 2.29 bits per heavy atom. The minimum absolute atomic E-state index is 0.493. The first-order chi connectivity index (χ1) is 6.56. The van der Waals surface area contributed by atoms with Gasteiger partial charge in [0.2, 0.25) is 0 Å². The Bertz CT molecular complexity index is 354. The van der Waals surface area contributed by atoms with E-state index in [0.29, 0.717) is 11.3 Å². The van der Waals surface area contributed by atoms with E-state index in [-0.39, 0.29) is 0 Å². The Morgan fingerprint density at radius 3 is 2.79 bits per heavy atom. The lowest BCUT2D eigenvalue weighted by molar-refractivity contribution is -0.138. The molecule has 76 valence electrons. The molecule has 0 fully saturated rings. The van der Waals surface area contributed by atoms with Gasteiger partial charge >= 0.3 is 5.97 Å². The summed E-state index contributed by atoms with van der Waals surface area (Å²) < 4.78 is 5.95. The van der Waals surface area contributed by atoms with E-state index >= 15 is 0 Å². The minimum Gasteiger partial charge on any atom is -0.496 e. The first kappa shape index (κ1) is 11.3. The molecule has 1 atom stereocenters. The zero-order valence-corrected chi connectivity index (χ0v) is 9.69. The number of methoxy groups -OCH3 is 1. The van der Waals surface area contributed by atoms with Crippen molar-refractivity contribution in [2.24, 2.45) is 5.73 Å². The molecule has 3 N–H and O–H groups in total. The van der Waals surface area contributed by atoms with Crippen molar-refractivity contribution in [3.8, 4) is 5.75 Å². The molecule has 0 spiro atoms. The summed E-state index contributed by atoms with van der Waals surface area (Å²) in [5, 5.41) is 8.76. The number of ether oxygens (including phenoxy) is 1. The largest absolute Gasteiger partial charge is 0.496 e. The van der Waals surface area contributed by atoms with Crippen molar-refractivity contribution in [3.05, 3.63) is 27.3 Å². The van der Waals surface area contributed by atoms with Gasteiger partial charge in [0.05, 0.1) is 7.11 Å². The lowest BCUT2D eigenvalue weighted by Gasteiger charge is -2.12. The SMILES string of the molecule is COc1ccc(I)cc1C(N)C(=O)O. The van der Waals surface area contributed by atoms with Gasteiger partial charge in [0.25, 0.3) is 0 Å². The van der Waals surface area contributed by atoms with E-state index in [1.54, 1.807) is 12.1 Å². The molecular weight excluding hydrogens is 297 g/mol. The molecule has 0 saturated carbocycles. The molecule has 1 unspecified atom stereocenters. The van der Waals surface area contributed by atoms with Crippen LogP contribution in [0.2, 0.25) is 0 Å². The smallest absolute Gasteiger partial charge is 0.325 e. The Labute approximate surface area is 95.2 Å². The standard InChI is InChI=1S/C9H10INO3/c1-14-7-3-2-5(10)4-6(7)8(11)9(12)13/h2-4,8H,11H2,1H3,(H,12,13). The third-order valence-corrected chi connectivity index (χ3v) is 2.46. The van der Waals surface area contributed by atoms with Crippen molar-refractivity contribution >= 4 is 28.6 Å². The summed E-state index contributed by atoms with van der Waals surface area (Å²) >= 11 is 2.09. The number of halogens is 1. The van der Waals surface area contributed by atoms with Crippen LogP contribution >= 0.6 is 22.6 Å². The molecule has 0 bridgehead atoms. The van der Waals surface area contributed by atoms with Crippen molar-refractivity contribution in [2.45, 2.75) is 6.04 Å². The molecule has 4 nitrogen and oxygen atoms in total. The summed E-state index contributed by atoms with van der Waals surface area (Å²) in [5.74, 6) is -0.564. The molecule has 0 aliphatic carbocycles. The van der Waals surface area contributed by atoms with Crippen molar-refractivity contribution in [1.29, 1.82) is 0 Å². The van der Waals surface area contributed by atoms with Gasteiger partial charge in [-0.1, -0.05) is 0 Å². The molecule has 5 heteroatoms. The molecule has 0 aromatic heterocycles. The Kier molecular flexibility index (Phi) is 3.70. The Hall–Kier alpha value is -0.820. The minimum atomic E-state index is -1.06. The van der Waals surface area contributed by atoms with E-state index in [2.05, 4.69) is 22.6 Å². The quantitative estimate of drug-likeness (QED) is 0.828. The summed E-state index contributed by atoms with van der Waals surface area (Å²) in [6.45, 7) is 0. The van der Waals surface area contributed by atoms with Crippen LogP contribution in [0.25, 0.3) is 0 Å². The molecule has 0 radical (unpaired) electrons. The first-order valence-corrected chi connectivity index (χ1v) is 4.96. The van der Waals surface area contributed by atoms with Gasteiger partial charge in [-0.3, -0.25) is 4.79 Å². The molecule has 14 heavy (non-hydrogen) atoms. The fraction of sp³-hybridized carbons (Fsp3) is 0.222. The van der Waals surface area contributed by atoms with Crippen molar-refractivity contribution < 1.29 is 14.6 Å². The monoisotopic (exact) mass is 307 g/mol. The highest BCUT2D eigenvalue weighted by atomic mass is 127. The van der Waals surface area contributed by atoms with Crippen LogP contribution < -0.4 is 10.5 Å². The number of carboxylic acid groups (broad SMARTS) is 1. The molecule has 0 heterocycles. The lowest BCUT2D eigenvalue weighted by Crippen LogP contribution is -2.21. The van der Waals surface area contributed by atoms with E-state index in [4.69, 9.17) is 15.6 Å². The van der Waals surface area contributed by atoms with Crippen molar-refractivity contribution in [3.63, 3.8) is 0 Å². The summed E-state index contributed by atoms with van der Waals surface area (Å²) in [5.41, 5.74) is 5.99. The fourth-order valence-corrected chi connectivity index (χ4v) is 1.60. The number of hydrogen-bond acceptors (Lipinski definition) is 3. The zero-order valence-electron chi connectivity index (χ0n) is 7.53. The van der Waals surface area contributed by atoms with Crippen LogP contribution in [0.15, 0.2) is 18.2 Å². The second kappa shape index (κ2) is 4.61. The second-order valence-electron chi connectivity index (χ2n) is 2.70. The number of benzene rings is 1. The molecule has 1 aromatic carbocycles. The second-order valence-corrected chi connectivity index (χ2v) is 3.95. The maximum atomic E-state index is 10.7. The van der Waals surface area contributed by atoms with Gasteiger partial charge in [0, 0.05) is 9.13 Å². The zero-order chi connectivity index (χ0) is 10.7. The average molecular weight is 307 g/mol. The van der Waals surface area contributed by atoms with Crippen LogP contribution in [0.3, 0.4) is 0 Å². The first-order valence-electron chi connectivity index (χ1n) is 3.88. The molecule has 0 aliphatic rings. The normalized spacial score (nSPS) is 12.2. The summed E-state index contributed by atoms with van der Waals surface area (Å²) in [6, 6.07) is 4.20. The topological polar surface area (TPSA) is 72.5 Å². The molecule has 0 saturated heterocycles. The van der Waals surface area contributed by atoms with E-state index in [9.17, 15) is 4.79 Å². The van der Waals surface area contributed by atoms with Crippen LogP contribution in [-0.4, -0.2) is 18.2 Å². The van der Waals surface area contributed by atoms with E-state index < -0.39 is 12.0 Å². The molecule has 0 amide bonds. The highest BCUT2D eigenvalue weighted by molar-refractivity contribution is 14.1. The fourth-order valence-electron chi connectivity index (χ4n) is 1.08. The van der Waals surface area contributed by atoms with Gasteiger partial charge in [-0.05, 0) is 40.8 Å². The Balaban J connectivity index is 3.16. The van der Waals surface area contributed by atoms with E-state index in [0.717, 1.165) is 3.57 Å². The lowest BCUT2D eigenvalue weighted by atomic mass is 10.1. The Morgan fingerprint density at radius 1 is 1.64 bits per heavy atom. The highest BCUT2D eigenvalue weighted by Gasteiger charge is 2.18. The van der Waals surface area contributed by atoms with Crippen molar-refractivity contribution in [1.82, 2.24) is 0 Å². The summed E-state index contributed by atoms with van der Waals surface area (Å²) in [7, 11) is 1.49. The van der Waals surface area contributed by atoms with E-state index in [1.165, 1.54) is 7.11 Å². The summed E-state index contributed by atoms with van der Waals surface area (Å²) in [4.78, 5) is 10.7. The number of aliphatic carboxylic acids is 1. The number of rotatable bonds is 3. The predicted molar refractivity (Wildman–Crippen MR) is 60.3 cm³/mol. The van der Waals surface area contributed by atoms with Crippen LogP contribution in [-0.2, 0) is 4.79 Å². The maximum Gasteiger partial charge on any atom is 0.325 e. The highest BCUT2D eigenvalue weighted by Crippen LogP contribution is 2.25. The van der Waals surface area contributed by atoms with Gasteiger partial charge in [-0.15, -0.1) is 0 Å². The summed E-state index contributed by atoms with van der Waals surface area (Å²) in [6.07, 6.45) is 0. The molecule has 0 aliphatic heterocycles. The molecule has 1 aromatic rings. The van der Waals surface area contributed by atoms with Gasteiger partial charge in [-0.2, -0.15) is 0 Å². The van der Waals surface area contributed by atoms with Crippen LogP contribution in [0.5, 0.6) is 5.75 Å². The number of carboxylic acids is 1. The van der Waals surface area contributed by atoms with Crippen molar-refractivity contribution in [2.75, 3.05) is 7.11 Å². The van der Waals surface area contributed by atoms with Crippen LogP contribution in [0.1, 0.15) is 11.6 Å². The van der Waals surface area contributed by atoms with E-state index in [1.807, 2.05) is 6.07 Å². The van der Waals surface area contributed by atoms with Crippen LogP contribution in [0.4, 0.5) is 0 Å². The van der Waals surface area contributed by atoms with Crippen LogP contribution in [0, 0.1) is 3.57 Å². The molecule has 1 rings (SSSR count). The predicted octanol–water partition coefficient (Wildman–Crippen LogP) is 1.38. The third kappa shape index (κ3) is 2.36. The number of carbonyl (C=O) groups is 1. The van der Waals surface area contributed by atoms with Gasteiger partial charge in [0.1, 0.15) is 11.8 Å². The van der Waals surface area contributed by atoms with Gasteiger partial charge in [-0.25, -0.2) is 0 Å². The third-order valence-electron chi connectivity index (χ3n) is 1.79. The number of hydrogen-bond donors (Lipinski definition) is 2.